The number of hydrogen-bond acceptors (Lipinski definition) is 0. The fraction of sp³-hybridized carbons (Fsp3) is 0.714. The Kier molecular flexibility index (Phi) is 3.04. The van der Waals surface area contributed by atoms with Crippen LogP contribution in [0.4, 0.5) is 0 Å². The van der Waals surface area contributed by atoms with E-state index in [9.17, 15) is 0 Å². The van der Waals surface area contributed by atoms with Gasteiger partial charge in [-0.15, -0.1) is 0 Å². The summed E-state index contributed by atoms with van der Waals surface area (Å²) in [5, 5.41) is 0. The molecule has 114 valence electrons. The van der Waals surface area contributed by atoms with Gasteiger partial charge in [-0.05, 0) is 86.0 Å². The van der Waals surface area contributed by atoms with E-state index in [4.69, 9.17) is 0 Å². The molecule has 0 heteroatoms. The third-order valence-electron chi connectivity index (χ3n) is 7.85. The summed E-state index contributed by atoms with van der Waals surface area (Å²) in [7, 11) is 0. The molecule has 0 spiro atoms. The zero-order chi connectivity index (χ0) is 14.7. The zero-order valence-corrected chi connectivity index (χ0v) is 14.0. The molecule has 0 unspecified atom stereocenters. The van der Waals surface area contributed by atoms with Gasteiger partial charge in [0.05, 0.1) is 0 Å². The van der Waals surface area contributed by atoms with Crippen molar-refractivity contribution in [1.82, 2.24) is 0 Å². The summed E-state index contributed by atoms with van der Waals surface area (Å²) in [4.78, 5) is 0. The van der Waals surface area contributed by atoms with Crippen LogP contribution in [-0.2, 0) is 0 Å². The van der Waals surface area contributed by atoms with Crippen molar-refractivity contribution >= 4 is 0 Å². The summed E-state index contributed by atoms with van der Waals surface area (Å²) in [6.45, 7) is 7.42. The Bertz CT molecular complexity index is 534. The second-order valence-corrected chi connectivity index (χ2v) is 8.44. The molecule has 0 nitrogen and oxygen atoms in total. The molecule has 4 rings (SSSR count). The molecule has 21 heavy (non-hydrogen) atoms. The van der Waals surface area contributed by atoms with Crippen LogP contribution in [0.3, 0.4) is 0 Å². The van der Waals surface area contributed by atoms with Gasteiger partial charge in [-0.3, -0.25) is 0 Å². The molecule has 0 radical (unpaired) electrons. The average Bonchev–Trinajstić information content (AvgIpc) is 2.83. The van der Waals surface area contributed by atoms with Gasteiger partial charge in [0, 0.05) is 0 Å². The largest absolute Gasteiger partial charge is 0.0879 e. The van der Waals surface area contributed by atoms with Crippen LogP contribution in [0.15, 0.2) is 35.5 Å². The zero-order valence-electron chi connectivity index (χ0n) is 14.0. The number of rotatable bonds is 0. The topological polar surface area (TPSA) is 0 Å². The van der Waals surface area contributed by atoms with E-state index in [2.05, 4.69) is 45.1 Å². The van der Waals surface area contributed by atoms with Crippen LogP contribution < -0.4 is 0 Å². The lowest BCUT2D eigenvalue weighted by molar-refractivity contribution is -0.00576. The minimum Gasteiger partial charge on any atom is -0.0879 e. The number of fused-ring (bicyclic) bond motifs is 5. The molecule has 0 heterocycles. The quantitative estimate of drug-likeness (QED) is 0.474. The fourth-order valence-electron chi connectivity index (χ4n) is 6.62. The van der Waals surface area contributed by atoms with E-state index in [-0.39, 0.29) is 0 Å². The Balaban J connectivity index is 1.73. The van der Waals surface area contributed by atoms with Gasteiger partial charge in [0.2, 0.25) is 0 Å². The normalized spacial score (nSPS) is 50.3. The molecule has 0 amide bonds. The predicted molar refractivity (Wildman–Crippen MR) is 90.0 cm³/mol. The van der Waals surface area contributed by atoms with E-state index in [1.54, 1.807) is 11.1 Å². The maximum Gasteiger partial charge on any atom is -0.00445 e. The molecular weight excluding hydrogens is 252 g/mol. The van der Waals surface area contributed by atoms with E-state index in [1.807, 2.05) is 0 Å². The van der Waals surface area contributed by atoms with Crippen molar-refractivity contribution in [3.05, 3.63) is 35.5 Å². The van der Waals surface area contributed by atoms with Crippen LogP contribution in [0.1, 0.15) is 65.7 Å². The summed E-state index contributed by atoms with van der Waals surface area (Å²) in [5.74, 6) is 2.83. The van der Waals surface area contributed by atoms with Crippen LogP contribution in [0.25, 0.3) is 0 Å². The van der Waals surface area contributed by atoms with Crippen LogP contribution in [0, 0.1) is 28.6 Å². The Morgan fingerprint density at radius 2 is 1.90 bits per heavy atom. The van der Waals surface area contributed by atoms with Crippen LogP contribution in [-0.4, -0.2) is 0 Å². The van der Waals surface area contributed by atoms with Gasteiger partial charge in [-0.25, -0.2) is 0 Å². The minimum atomic E-state index is 0.484. The number of allylic oxidation sites excluding steroid dienone is 6. The Morgan fingerprint density at radius 3 is 2.71 bits per heavy atom. The van der Waals surface area contributed by atoms with Gasteiger partial charge < -0.3 is 0 Å². The van der Waals surface area contributed by atoms with Gasteiger partial charge in [-0.2, -0.15) is 0 Å². The standard InChI is InChI=1S/C21H30/c1-4-15-9-11-18-17-10-8-16-7-5-6-13-20(16,2)19(17)12-14-21(15,18)3/h4-5,7-8,17-19H,6,9-14H2,1-3H3/b15-4+/t17-,18-,19-,20-,21+/m0/s1. The SMILES string of the molecule is C/C=C1\CC[C@H]2[C@@H]3CC=C4C=CCC[C@]4(C)[C@H]3CC[C@]12C. The highest BCUT2D eigenvalue weighted by Crippen LogP contribution is 2.65. The maximum absolute atomic E-state index is 2.61. The Labute approximate surface area is 130 Å². The summed E-state index contributed by atoms with van der Waals surface area (Å²) in [6.07, 6.45) is 19.6. The van der Waals surface area contributed by atoms with Crippen molar-refractivity contribution in [2.75, 3.05) is 0 Å². The highest BCUT2D eigenvalue weighted by atomic mass is 14.6. The first-order chi connectivity index (χ1) is 10.1. The summed E-state index contributed by atoms with van der Waals surface area (Å²) >= 11 is 0. The molecule has 0 saturated heterocycles. The van der Waals surface area contributed by atoms with Crippen molar-refractivity contribution in [3.63, 3.8) is 0 Å². The van der Waals surface area contributed by atoms with Gasteiger partial charge in [-0.1, -0.05) is 43.7 Å². The maximum atomic E-state index is 2.61. The van der Waals surface area contributed by atoms with Crippen LogP contribution >= 0.6 is 0 Å². The molecule has 0 bridgehead atoms. The molecule has 5 atom stereocenters. The first-order valence-corrected chi connectivity index (χ1v) is 9.12. The second-order valence-electron chi connectivity index (χ2n) is 8.44. The lowest BCUT2D eigenvalue weighted by Gasteiger charge is -2.56. The lowest BCUT2D eigenvalue weighted by Crippen LogP contribution is -2.48. The number of hydrogen-bond donors (Lipinski definition) is 0. The monoisotopic (exact) mass is 282 g/mol. The first kappa shape index (κ1) is 13.9. The van der Waals surface area contributed by atoms with E-state index in [0.29, 0.717) is 10.8 Å². The van der Waals surface area contributed by atoms with Crippen molar-refractivity contribution in [2.45, 2.75) is 65.7 Å². The highest BCUT2D eigenvalue weighted by Gasteiger charge is 2.56. The van der Waals surface area contributed by atoms with Crippen molar-refractivity contribution in [2.24, 2.45) is 28.6 Å². The lowest BCUT2D eigenvalue weighted by atomic mass is 9.48. The minimum absolute atomic E-state index is 0.484. The predicted octanol–water partition coefficient (Wildman–Crippen LogP) is 6.06. The van der Waals surface area contributed by atoms with Crippen molar-refractivity contribution in [3.8, 4) is 0 Å². The van der Waals surface area contributed by atoms with Crippen LogP contribution in [0.2, 0.25) is 0 Å². The van der Waals surface area contributed by atoms with Crippen molar-refractivity contribution < 1.29 is 0 Å². The first-order valence-electron chi connectivity index (χ1n) is 9.12. The van der Waals surface area contributed by atoms with E-state index >= 15 is 0 Å². The van der Waals surface area contributed by atoms with E-state index in [1.165, 1.54) is 44.9 Å². The summed E-state index contributed by atoms with van der Waals surface area (Å²) in [5.41, 5.74) is 4.46. The van der Waals surface area contributed by atoms with Gasteiger partial charge in [0.25, 0.3) is 0 Å². The second kappa shape index (κ2) is 4.61. The highest BCUT2D eigenvalue weighted by molar-refractivity contribution is 5.35. The molecule has 0 aromatic rings. The van der Waals surface area contributed by atoms with Crippen molar-refractivity contribution in [1.29, 1.82) is 0 Å². The molecule has 2 saturated carbocycles. The molecule has 0 aromatic carbocycles. The fourth-order valence-corrected chi connectivity index (χ4v) is 6.62. The van der Waals surface area contributed by atoms with Gasteiger partial charge >= 0.3 is 0 Å². The third kappa shape index (κ3) is 1.74. The molecule has 2 fully saturated rings. The summed E-state index contributed by atoms with van der Waals surface area (Å²) < 4.78 is 0. The smallest absolute Gasteiger partial charge is 0.00445 e. The van der Waals surface area contributed by atoms with E-state index in [0.717, 1.165) is 17.8 Å². The molecule has 0 N–H and O–H groups in total. The van der Waals surface area contributed by atoms with E-state index < -0.39 is 0 Å². The van der Waals surface area contributed by atoms with Crippen LogP contribution in [0.5, 0.6) is 0 Å². The van der Waals surface area contributed by atoms with Gasteiger partial charge in [0.15, 0.2) is 0 Å². The van der Waals surface area contributed by atoms with Gasteiger partial charge in [0.1, 0.15) is 0 Å². The average molecular weight is 282 g/mol. The molecule has 0 aromatic heterocycles. The molecule has 0 aliphatic heterocycles. The third-order valence-corrected chi connectivity index (χ3v) is 7.85. The Hall–Kier alpha value is -0.780. The Morgan fingerprint density at radius 1 is 1.10 bits per heavy atom. The molecule has 4 aliphatic rings. The summed E-state index contributed by atoms with van der Waals surface area (Å²) in [6, 6.07) is 0. The molecular formula is C21H30. The molecule has 4 aliphatic carbocycles.